The number of carboxylic acids is 1. The van der Waals surface area contributed by atoms with Gasteiger partial charge in [0.05, 0.1) is 11.1 Å². The van der Waals surface area contributed by atoms with Gasteiger partial charge in [0.2, 0.25) is 0 Å². The molecule has 0 unspecified atom stereocenters. The van der Waals surface area contributed by atoms with Crippen LogP contribution in [0, 0.1) is 11.3 Å². The fourth-order valence-electron chi connectivity index (χ4n) is 3.23. The molecule has 1 aliphatic carbocycles. The van der Waals surface area contributed by atoms with Gasteiger partial charge in [-0.25, -0.2) is 0 Å². The van der Waals surface area contributed by atoms with Gasteiger partial charge in [0.15, 0.2) is 0 Å². The molecule has 112 valence electrons. The van der Waals surface area contributed by atoms with Gasteiger partial charge in [-0.05, 0) is 51.0 Å². The van der Waals surface area contributed by atoms with Crippen LogP contribution in [0.15, 0.2) is 6.07 Å². The predicted molar refractivity (Wildman–Crippen MR) is 78.7 cm³/mol. The van der Waals surface area contributed by atoms with Crippen molar-refractivity contribution < 1.29 is 9.90 Å². The fourth-order valence-corrected chi connectivity index (χ4v) is 3.23. The monoisotopic (exact) mass is 278 g/mol. The average molecular weight is 278 g/mol. The summed E-state index contributed by atoms with van der Waals surface area (Å²) in [6, 6.07) is 2.09. The van der Waals surface area contributed by atoms with Crippen LogP contribution in [0.4, 0.5) is 0 Å². The van der Waals surface area contributed by atoms with E-state index in [0.717, 1.165) is 50.0 Å². The number of carboxylic acid groups (broad SMARTS) is 1. The molecule has 0 atom stereocenters. The van der Waals surface area contributed by atoms with E-state index in [4.69, 9.17) is 0 Å². The molecule has 2 rings (SSSR count). The Bertz CT molecular complexity index is 471. The third-order valence-corrected chi connectivity index (χ3v) is 4.78. The second kappa shape index (κ2) is 5.98. The first-order valence-corrected chi connectivity index (χ1v) is 7.79. The van der Waals surface area contributed by atoms with E-state index < -0.39 is 11.4 Å². The average Bonchev–Trinajstić information content (AvgIpc) is 2.83. The molecule has 4 heteroatoms. The molecule has 0 bridgehead atoms. The van der Waals surface area contributed by atoms with E-state index in [1.807, 2.05) is 4.68 Å². The molecule has 0 aromatic carbocycles. The van der Waals surface area contributed by atoms with E-state index in [0.29, 0.717) is 12.3 Å². The summed E-state index contributed by atoms with van der Waals surface area (Å²) in [5, 5.41) is 14.3. The normalized spacial score (nSPS) is 26.6. The number of carbonyl (C=O) groups is 1. The second-order valence-corrected chi connectivity index (χ2v) is 6.24. The van der Waals surface area contributed by atoms with Gasteiger partial charge < -0.3 is 5.11 Å². The van der Waals surface area contributed by atoms with Crippen molar-refractivity contribution in [2.75, 3.05) is 0 Å². The van der Waals surface area contributed by atoms with Crippen molar-refractivity contribution in [2.45, 2.75) is 65.8 Å². The van der Waals surface area contributed by atoms with E-state index in [1.54, 1.807) is 0 Å². The smallest absolute Gasteiger partial charge is 0.310 e. The molecule has 1 aromatic heterocycles. The summed E-state index contributed by atoms with van der Waals surface area (Å²) in [7, 11) is 0. The summed E-state index contributed by atoms with van der Waals surface area (Å²) >= 11 is 0. The van der Waals surface area contributed by atoms with Crippen molar-refractivity contribution in [3.05, 3.63) is 17.5 Å². The zero-order valence-corrected chi connectivity index (χ0v) is 12.9. The highest BCUT2D eigenvalue weighted by atomic mass is 16.4. The highest BCUT2D eigenvalue weighted by Gasteiger charge is 2.41. The van der Waals surface area contributed by atoms with E-state index in [1.165, 1.54) is 0 Å². The molecular weight excluding hydrogens is 252 g/mol. The first-order valence-electron chi connectivity index (χ1n) is 7.79. The van der Waals surface area contributed by atoms with Crippen molar-refractivity contribution in [3.8, 4) is 0 Å². The number of nitrogens with zero attached hydrogens (tertiary/aromatic N) is 2. The lowest BCUT2D eigenvalue weighted by Crippen LogP contribution is -2.37. The van der Waals surface area contributed by atoms with Crippen molar-refractivity contribution in [3.63, 3.8) is 0 Å². The number of aromatic nitrogens is 2. The Labute approximate surface area is 121 Å². The zero-order chi connectivity index (χ0) is 14.8. The van der Waals surface area contributed by atoms with Gasteiger partial charge in [-0.3, -0.25) is 9.48 Å². The molecule has 1 aromatic rings. The lowest BCUT2D eigenvalue weighted by atomic mass is 9.68. The van der Waals surface area contributed by atoms with Crippen LogP contribution < -0.4 is 0 Å². The molecule has 0 saturated heterocycles. The molecule has 0 radical (unpaired) electrons. The lowest BCUT2D eigenvalue weighted by molar-refractivity contribution is -0.151. The number of aryl methyl sites for hydroxylation is 2. The summed E-state index contributed by atoms with van der Waals surface area (Å²) < 4.78 is 1.97. The SMILES string of the molecule is CCc1cc(CC2(C(=O)O)CCC(C)CC2)n(CC)n1. The number of aliphatic carboxylic acids is 1. The van der Waals surface area contributed by atoms with Crippen molar-refractivity contribution in [2.24, 2.45) is 11.3 Å². The Morgan fingerprint density at radius 1 is 1.45 bits per heavy atom. The van der Waals surface area contributed by atoms with Gasteiger partial charge in [0.25, 0.3) is 0 Å². The molecule has 1 fully saturated rings. The Kier molecular flexibility index (Phi) is 4.51. The minimum Gasteiger partial charge on any atom is -0.481 e. The van der Waals surface area contributed by atoms with Gasteiger partial charge in [-0.15, -0.1) is 0 Å². The third kappa shape index (κ3) is 2.89. The van der Waals surface area contributed by atoms with Crippen LogP contribution in [-0.4, -0.2) is 20.9 Å². The lowest BCUT2D eigenvalue weighted by Gasteiger charge is -2.35. The predicted octanol–water partition coefficient (Wildman–Crippen LogP) is 3.29. The number of hydrogen-bond acceptors (Lipinski definition) is 2. The summed E-state index contributed by atoms with van der Waals surface area (Å²) in [5.41, 5.74) is 1.57. The molecule has 1 aliphatic rings. The van der Waals surface area contributed by atoms with E-state index in [-0.39, 0.29) is 0 Å². The Balaban J connectivity index is 2.24. The molecule has 0 amide bonds. The molecule has 0 spiro atoms. The van der Waals surface area contributed by atoms with Crippen LogP contribution in [0.2, 0.25) is 0 Å². The van der Waals surface area contributed by atoms with Gasteiger partial charge in [0.1, 0.15) is 0 Å². The number of rotatable bonds is 5. The first-order chi connectivity index (χ1) is 9.50. The second-order valence-electron chi connectivity index (χ2n) is 6.24. The number of hydrogen-bond donors (Lipinski definition) is 1. The highest BCUT2D eigenvalue weighted by molar-refractivity contribution is 5.75. The first kappa shape index (κ1) is 15.1. The van der Waals surface area contributed by atoms with Crippen LogP contribution >= 0.6 is 0 Å². The maximum atomic E-state index is 11.8. The third-order valence-electron chi connectivity index (χ3n) is 4.78. The summed E-state index contributed by atoms with van der Waals surface area (Å²) in [6.07, 6.45) is 5.15. The molecule has 4 nitrogen and oxygen atoms in total. The minimum absolute atomic E-state index is 0.579. The topological polar surface area (TPSA) is 55.1 Å². The largest absolute Gasteiger partial charge is 0.481 e. The van der Waals surface area contributed by atoms with Gasteiger partial charge in [-0.2, -0.15) is 5.10 Å². The van der Waals surface area contributed by atoms with Gasteiger partial charge in [0, 0.05) is 18.7 Å². The van der Waals surface area contributed by atoms with Crippen molar-refractivity contribution in [1.29, 1.82) is 0 Å². The Morgan fingerprint density at radius 2 is 2.10 bits per heavy atom. The molecule has 0 aliphatic heterocycles. The zero-order valence-electron chi connectivity index (χ0n) is 12.9. The molecule has 1 heterocycles. The van der Waals surface area contributed by atoms with Crippen molar-refractivity contribution in [1.82, 2.24) is 9.78 Å². The van der Waals surface area contributed by atoms with Crippen molar-refractivity contribution >= 4 is 5.97 Å². The highest BCUT2D eigenvalue weighted by Crippen LogP contribution is 2.41. The Hall–Kier alpha value is -1.32. The van der Waals surface area contributed by atoms with Crippen LogP contribution in [0.1, 0.15) is 57.8 Å². The summed E-state index contributed by atoms with van der Waals surface area (Å²) in [5.74, 6) is 0.0241. The summed E-state index contributed by atoms with van der Waals surface area (Å²) in [4.78, 5) is 11.8. The van der Waals surface area contributed by atoms with E-state index in [9.17, 15) is 9.90 Å². The van der Waals surface area contributed by atoms with Gasteiger partial charge in [-0.1, -0.05) is 13.8 Å². The van der Waals surface area contributed by atoms with Crippen LogP contribution in [0.25, 0.3) is 0 Å². The van der Waals surface area contributed by atoms with Crippen LogP contribution in [0.5, 0.6) is 0 Å². The van der Waals surface area contributed by atoms with E-state index >= 15 is 0 Å². The van der Waals surface area contributed by atoms with Crippen LogP contribution in [0.3, 0.4) is 0 Å². The van der Waals surface area contributed by atoms with Crippen LogP contribution in [-0.2, 0) is 24.2 Å². The maximum absolute atomic E-state index is 11.8. The minimum atomic E-state index is -0.633. The molecule has 1 N–H and O–H groups in total. The maximum Gasteiger partial charge on any atom is 0.310 e. The molecule has 1 saturated carbocycles. The van der Waals surface area contributed by atoms with Gasteiger partial charge >= 0.3 is 5.97 Å². The standard InChI is InChI=1S/C16H26N2O2/c1-4-13-10-14(18(5-2)17-13)11-16(15(19)20)8-6-12(3)7-9-16/h10,12H,4-9,11H2,1-3H3,(H,19,20). The Morgan fingerprint density at radius 3 is 2.60 bits per heavy atom. The van der Waals surface area contributed by atoms with E-state index in [2.05, 4.69) is 31.9 Å². The molecular formula is C16H26N2O2. The quantitative estimate of drug-likeness (QED) is 0.899. The fraction of sp³-hybridized carbons (Fsp3) is 0.750. The summed E-state index contributed by atoms with van der Waals surface area (Å²) in [6.45, 7) is 7.17. The molecule has 20 heavy (non-hydrogen) atoms.